The summed E-state index contributed by atoms with van der Waals surface area (Å²) in [5, 5.41) is 11.7. The van der Waals surface area contributed by atoms with E-state index in [0.717, 1.165) is 10.6 Å². The van der Waals surface area contributed by atoms with Crippen molar-refractivity contribution in [2.45, 2.75) is 18.7 Å². The topological polar surface area (TPSA) is 75.6 Å². The van der Waals surface area contributed by atoms with Gasteiger partial charge >= 0.3 is 5.97 Å². The summed E-state index contributed by atoms with van der Waals surface area (Å²) in [5.74, 6) is -0.589. The van der Waals surface area contributed by atoms with Gasteiger partial charge in [-0.05, 0) is 30.2 Å². The van der Waals surface area contributed by atoms with Crippen LogP contribution in [0.4, 0.5) is 0 Å². The van der Waals surface area contributed by atoms with Crippen LogP contribution in [0, 0.1) is 11.8 Å². The molecule has 1 aromatic carbocycles. The Morgan fingerprint density at radius 1 is 1.29 bits per heavy atom. The Labute approximate surface area is 129 Å². The number of carboxylic acids is 1. The molecule has 0 aliphatic rings. The van der Waals surface area contributed by atoms with Gasteiger partial charge in [0.25, 0.3) is 0 Å². The van der Waals surface area contributed by atoms with Crippen LogP contribution in [-0.2, 0) is 9.59 Å². The molecule has 1 amide bonds. The molecule has 0 aliphatic heterocycles. The fourth-order valence-electron chi connectivity index (χ4n) is 1.70. The molecule has 21 heavy (non-hydrogen) atoms. The third-order valence-corrected chi connectivity index (χ3v) is 4.08. The lowest BCUT2D eigenvalue weighted by Gasteiger charge is -2.16. The number of rotatable bonds is 8. The Bertz CT molecular complexity index is 473. The molecule has 1 aromatic rings. The number of carbonyl (C=O) groups excluding carboxylic acids is 1. The average molecular weight is 311 g/mol. The highest BCUT2D eigenvalue weighted by Gasteiger charge is 2.21. The number of aliphatic carboxylic acids is 1. The van der Waals surface area contributed by atoms with E-state index >= 15 is 0 Å². The van der Waals surface area contributed by atoms with Gasteiger partial charge in [0.15, 0.2) is 0 Å². The second kappa shape index (κ2) is 8.56. The minimum Gasteiger partial charge on any atom is -0.497 e. The Hall–Kier alpha value is -1.69. The van der Waals surface area contributed by atoms with E-state index in [4.69, 9.17) is 9.84 Å². The molecule has 0 aliphatic carbocycles. The number of carboxylic acid groups (broad SMARTS) is 1. The molecule has 1 rings (SSSR count). The molecule has 0 bridgehead atoms. The molecule has 0 spiro atoms. The first-order valence-electron chi connectivity index (χ1n) is 6.70. The van der Waals surface area contributed by atoms with E-state index in [0.29, 0.717) is 0 Å². The number of carbonyl (C=O) groups is 2. The van der Waals surface area contributed by atoms with Crippen molar-refractivity contribution in [3.8, 4) is 5.75 Å². The third-order valence-electron chi connectivity index (χ3n) is 3.07. The van der Waals surface area contributed by atoms with Gasteiger partial charge in [-0.1, -0.05) is 13.8 Å². The van der Waals surface area contributed by atoms with Crippen molar-refractivity contribution in [3.63, 3.8) is 0 Å². The van der Waals surface area contributed by atoms with Crippen LogP contribution >= 0.6 is 11.8 Å². The van der Waals surface area contributed by atoms with E-state index < -0.39 is 11.9 Å². The van der Waals surface area contributed by atoms with E-state index in [1.807, 2.05) is 38.1 Å². The van der Waals surface area contributed by atoms with Crippen LogP contribution in [0.5, 0.6) is 5.75 Å². The standard InChI is InChI=1S/C15H21NO4S/c1-10(2)13(15(18)19)8-16-14(17)9-21-12-6-4-11(20-3)5-7-12/h4-7,10,13H,8-9H2,1-3H3,(H,16,17)(H,18,19). The lowest BCUT2D eigenvalue weighted by molar-refractivity contribution is -0.143. The van der Waals surface area contributed by atoms with Crippen LogP contribution in [0.3, 0.4) is 0 Å². The summed E-state index contributed by atoms with van der Waals surface area (Å²) in [5.41, 5.74) is 0. The lowest BCUT2D eigenvalue weighted by atomic mass is 9.96. The molecule has 6 heteroatoms. The Balaban J connectivity index is 2.38. The van der Waals surface area contributed by atoms with E-state index in [1.165, 1.54) is 11.8 Å². The summed E-state index contributed by atoms with van der Waals surface area (Å²) in [4.78, 5) is 23.7. The summed E-state index contributed by atoms with van der Waals surface area (Å²) in [7, 11) is 1.60. The maximum Gasteiger partial charge on any atom is 0.308 e. The second-order valence-electron chi connectivity index (χ2n) is 4.96. The van der Waals surface area contributed by atoms with Crippen LogP contribution < -0.4 is 10.1 Å². The lowest BCUT2D eigenvalue weighted by Crippen LogP contribution is -2.36. The van der Waals surface area contributed by atoms with Gasteiger partial charge in [-0.3, -0.25) is 9.59 Å². The Morgan fingerprint density at radius 3 is 2.38 bits per heavy atom. The SMILES string of the molecule is COc1ccc(SCC(=O)NCC(C(=O)O)C(C)C)cc1. The highest BCUT2D eigenvalue weighted by Crippen LogP contribution is 2.21. The summed E-state index contributed by atoms with van der Waals surface area (Å²) in [6, 6.07) is 7.43. The number of benzene rings is 1. The summed E-state index contributed by atoms with van der Waals surface area (Å²) in [6.45, 7) is 3.82. The quantitative estimate of drug-likeness (QED) is 0.720. The van der Waals surface area contributed by atoms with Crippen LogP contribution in [0.1, 0.15) is 13.8 Å². The molecule has 5 nitrogen and oxygen atoms in total. The maximum atomic E-state index is 11.7. The zero-order valence-electron chi connectivity index (χ0n) is 12.5. The average Bonchev–Trinajstić information content (AvgIpc) is 2.45. The molecule has 1 unspecified atom stereocenters. The predicted octanol–water partition coefficient (Wildman–Crippen LogP) is 2.26. The normalized spacial score (nSPS) is 12.0. The van der Waals surface area contributed by atoms with Crippen LogP contribution in [0.15, 0.2) is 29.2 Å². The molecule has 0 radical (unpaired) electrons. The zero-order chi connectivity index (χ0) is 15.8. The van der Waals surface area contributed by atoms with Crippen molar-refractivity contribution in [1.29, 1.82) is 0 Å². The van der Waals surface area contributed by atoms with Crippen LogP contribution in [0.2, 0.25) is 0 Å². The maximum absolute atomic E-state index is 11.7. The number of thioether (sulfide) groups is 1. The smallest absolute Gasteiger partial charge is 0.308 e. The molecule has 0 saturated heterocycles. The number of ether oxygens (including phenoxy) is 1. The van der Waals surface area contributed by atoms with Crippen LogP contribution in [0.25, 0.3) is 0 Å². The van der Waals surface area contributed by atoms with E-state index in [2.05, 4.69) is 5.32 Å². The van der Waals surface area contributed by atoms with Gasteiger partial charge in [0, 0.05) is 11.4 Å². The van der Waals surface area contributed by atoms with Gasteiger partial charge < -0.3 is 15.2 Å². The highest BCUT2D eigenvalue weighted by atomic mass is 32.2. The summed E-state index contributed by atoms with van der Waals surface area (Å²) < 4.78 is 5.06. The van der Waals surface area contributed by atoms with Crippen molar-refractivity contribution < 1.29 is 19.4 Å². The second-order valence-corrected chi connectivity index (χ2v) is 6.01. The van der Waals surface area contributed by atoms with Crippen molar-refractivity contribution in [2.24, 2.45) is 11.8 Å². The van der Waals surface area contributed by atoms with Gasteiger partial charge in [0.2, 0.25) is 5.91 Å². The molecule has 0 saturated carbocycles. The van der Waals surface area contributed by atoms with Crippen molar-refractivity contribution >= 4 is 23.6 Å². The van der Waals surface area contributed by atoms with Gasteiger partial charge in [-0.15, -0.1) is 11.8 Å². The highest BCUT2D eigenvalue weighted by molar-refractivity contribution is 8.00. The van der Waals surface area contributed by atoms with Gasteiger partial charge in [-0.2, -0.15) is 0 Å². The Kier molecular flexibility index (Phi) is 7.08. The van der Waals surface area contributed by atoms with Gasteiger partial charge in [0.1, 0.15) is 5.75 Å². The van der Waals surface area contributed by atoms with E-state index in [1.54, 1.807) is 7.11 Å². The largest absolute Gasteiger partial charge is 0.497 e. The molecule has 0 aromatic heterocycles. The van der Waals surface area contributed by atoms with Crippen molar-refractivity contribution in [1.82, 2.24) is 5.32 Å². The minimum atomic E-state index is -0.881. The van der Waals surface area contributed by atoms with Crippen molar-refractivity contribution in [2.75, 3.05) is 19.4 Å². The van der Waals surface area contributed by atoms with Crippen LogP contribution in [-0.4, -0.2) is 36.4 Å². The number of amides is 1. The summed E-state index contributed by atoms with van der Waals surface area (Å²) in [6.07, 6.45) is 0. The zero-order valence-corrected chi connectivity index (χ0v) is 13.3. The van der Waals surface area contributed by atoms with Gasteiger partial charge in [-0.25, -0.2) is 0 Å². The van der Waals surface area contributed by atoms with Gasteiger partial charge in [0.05, 0.1) is 18.8 Å². The minimum absolute atomic E-state index is 0.0166. The van der Waals surface area contributed by atoms with E-state index in [9.17, 15) is 9.59 Å². The number of nitrogens with one attached hydrogen (secondary N) is 1. The molecule has 0 fully saturated rings. The molecule has 116 valence electrons. The molecular formula is C15H21NO4S. The fraction of sp³-hybridized carbons (Fsp3) is 0.467. The molecule has 1 atom stereocenters. The summed E-state index contributed by atoms with van der Waals surface area (Å²) >= 11 is 1.40. The number of methoxy groups -OCH3 is 1. The molecule has 0 heterocycles. The number of hydrogen-bond acceptors (Lipinski definition) is 4. The molecular weight excluding hydrogens is 290 g/mol. The fourth-order valence-corrected chi connectivity index (χ4v) is 2.43. The first-order chi connectivity index (χ1) is 9.93. The van der Waals surface area contributed by atoms with E-state index in [-0.39, 0.29) is 24.1 Å². The third kappa shape index (κ3) is 6.08. The first kappa shape index (κ1) is 17.4. The Morgan fingerprint density at radius 2 is 1.90 bits per heavy atom. The predicted molar refractivity (Wildman–Crippen MR) is 82.7 cm³/mol. The molecule has 2 N–H and O–H groups in total. The number of hydrogen-bond donors (Lipinski definition) is 2. The first-order valence-corrected chi connectivity index (χ1v) is 7.69. The monoisotopic (exact) mass is 311 g/mol. The van der Waals surface area contributed by atoms with Crippen molar-refractivity contribution in [3.05, 3.63) is 24.3 Å².